The van der Waals surface area contributed by atoms with Gasteiger partial charge in [0, 0.05) is 11.5 Å². The van der Waals surface area contributed by atoms with Gasteiger partial charge in [-0.15, -0.1) is 0 Å². The fourth-order valence-corrected chi connectivity index (χ4v) is 0.848. The monoisotopic (exact) mass is 157 g/mol. The summed E-state index contributed by atoms with van der Waals surface area (Å²) in [5.74, 6) is 4.94. The summed E-state index contributed by atoms with van der Waals surface area (Å²) in [4.78, 5) is 0. The number of nitriles is 1. The summed E-state index contributed by atoms with van der Waals surface area (Å²) in [7, 11) is 0. The Morgan fingerprint density at radius 1 is 1.42 bits per heavy atom. The third-order valence-electron chi connectivity index (χ3n) is 1.37. The molecule has 0 amide bonds. The van der Waals surface area contributed by atoms with Crippen molar-refractivity contribution in [3.63, 3.8) is 0 Å². The van der Waals surface area contributed by atoms with E-state index in [-0.39, 0.29) is 6.61 Å². The smallest absolute Gasteiger partial charge is 0.152 e. The van der Waals surface area contributed by atoms with Crippen LogP contribution in [0.25, 0.3) is 0 Å². The molecule has 0 aliphatic heterocycles. The van der Waals surface area contributed by atoms with Crippen LogP contribution in [-0.4, -0.2) is 5.11 Å². The molecule has 0 bridgehead atoms. The molecule has 0 spiro atoms. The number of aliphatic hydroxyl groups excluding tert-OH is 1. The fourth-order valence-electron chi connectivity index (χ4n) is 0.848. The molecule has 2 heteroatoms. The van der Waals surface area contributed by atoms with E-state index in [1.807, 2.05) is 0 Å². The van der Waals surface area contributed by atoms with Crippen LogP contribution in [0.4, 0.5) is 0 Å². The molecular weight excluding hydrogens is 150 g/mol. The van der Waals surface area contributed by atoms with E-state index in [1.54, 1.807) is 30.3 Å². The highest BCUT2D eigenvalue weighted by atomic mass is 16.3. The van der Waals surface area contributed by atoms with Crippen LogP contribution in [0.2, 0.25) is 0 Å². The number of aliphatic hydroxyl groups is 1. The Kier molecular flexibility index (Phi) is 2.90. The number of hydrogen-bond donors (Lipinski definition) is 1. The van der Waals surface area contributed by atoms with Gasteiger partial charge in [0.25, 0.3) is 0 Å². The topological polar surface area (TPSA) is 44.0 Å². The zero-order valence-corrected chi connectivity index (χ0v) is 6.41. The van der Waals surface area contributed by atoms with Crippen molar-refractivity contribution in [3.8, 4) is 17.9 Å². The van der Waals surface area contributed by atoms with Gasteiger partial charge in [-0.25, -0.2) is 0 Å². The molecule has 2 nitrogen and oxygen atoms in total. The molecule has 1 aromatic rings. The van der Waals surface area contributed by atoms with Crippen molar-refractivity contribution in [3.05, 3.63) is 35.4 Å². The number of hydrogen-bond acceptors (Lipinski definition) is 2. The lowest BCUT2D eigenvalue weighted by Gasteiger charge is -1.94. The van der Waals surface area contributed by atoms with E-state index in [0.29, 0.717) is 0 Å². The van der Waals surface area contributed by atoms with Crippen LogP contribution in [0.1, 0.15) is 11.1 Å². The molecule has 0 atom stereocenters. The van der Waals surface area contributed by atoms with E-state index < -0.39 is 0 Å². The first-order valence-corrected chi connectivity index (χ1v) is 3.46. The van der Waals surface area contributed by atoms with Crippen LogP contribution in [0.3, 0.4) is 0 Å². The first-order valence-electron chi connectivity index (χ1n) is 3.46. The van der Waals surface area contributed by atoms with Crippen LogP contribution in [-0.2, 0) is 6.61 Å². The Morgan fingerprint density at radius 3 is 2.92 bits per heavy atom. The minimum Gasteiger partial charge on any atom is -0.392 e. The van der Waals surface area contributed by atoms with Gasteiger partial charge in [-0.05, 0) is 17.7 Å². The molecule has 1 N–H and O–H groups in total. The maximum Gasteiger partial charge on any atom is 0.152 e. The highest BCUT2D eigenvalue weighted by Gasteiger charge is 1.89. The largest absolute Gasteiger partial charge is 0.392 e. The highest BCUT2D eigenvalue weighted by molar-refractivity contribution is 5.39. The molecule has 1 aromatic carbocycles. The summed E-state index contributed by atoms with van der Waals surface area (Å²) in [6.45, 7) is 0.00206. The molecule has 0 saturated heterocycles. The van der Waals surface area contributed by atoms with Gasteiger partial charge in [0.1, 0.15) is 0 Å². The van der Waals surface area contributed by atoms with Gasteiger partial charge in [-0.1, -0.05) is 18.1 Å². The first-order chi connectivity index (χ1) is 5.86. The van der Waals surface area contributed by atoms with E-state index in [4.69, 9.17) is 10.4 Å². The second kappa shape index (κ2) is 4.18. The summed E-state index contributed by atoms with van der Waals surface area (Å²) in [5.41, 5.74) is 1.56. The van der Waals surface area contributed by atoms with Crippen molar-refractivity contribution in [1.82, 2.24) is 0 Å². The van der Waals surface area contributed by atoms with Crippen LogP contribution in [0, 0.1) is 23.2 Å². The molecule has 0 aliphatic rings. The third-order valence-corrected chi connectivity index (χ3v) is 1.37. The molecule has 0 unspecified atom stereocenters. The molecule has 0 heterocycles. The number of benzene rings is 1. The number of rotatable bonds is 1. The lowest BCUT2D eigenvalue weighted by atomic mass is 10.1. The minimum absolute atomic E-state index is 0.00206. The predicted molar refractivity (Wildman–Crippen MR) is 44.9 cm³/mol. The standard InChI is InChI=1S/C10H7NO/c11-6-2-5-9-3-1-4-10(7-9)8-12/h1,3-4,7,12H,8H2. The fraction of sp³-hybridized carbons (Fsp3) is 0.100. The summed E-state index contributed by atoms with van der Waals surface area (Å²) in [6, 6.07) is 8.88. The summed E-state index contributed by atoms with van der Waals surface area (Å²) in [5, 5.41) is 17.0. The summed E-state index contributed by atoms with van der Waals surface area (Å²) >= 11 is 0. The minimum atomic E-state index is 0.00206. The van der Waals surface area contributed by atoms with Gasteiger partial charge < -0.3 is 5.11 Å². The molecular formula is C10H7NO. The lowest BCUT2D eigenvalue weighted by molar-refractivity contribution is 0.282. The van der Waals surface area contributed by atoms with Crippen molar-refractivity contribution >= 4 is 0 Å². The van der Waals surface area contributed by atoms with Crippen molar-refractivity contribution in [2.24, 2.45) is 0 Å². The van der Waals surface area contributed by atoms with Gasteiger partial charge in [0.15, 0.2) is 6.07 Å². The molecule has 0 aromatic heterocycles. The normalized spacial score (nSPS) is 8.00. The summed E-state index contributed by atoms with van der Waals surface area (Å²) in [6.07, 6.45) is 0. The molecule has 1 rings (SSSR count). The van der Waals surface area contributed by atoms with Gasteiger partial charge in [-0.2, -0.15) is 5.26 Å². The Morgan fingerprint density at radius 2 is 2.25 bits per heavy atom. The molecule has 0 fully saturated rings. The molecule has 0 aliphatic carbocycles. The maximum absolute atomic E-state index is 8.77. The highest BCUT2D eigenvalue weighted by Crippen LogP contribution is 2.03. The first kappa shape index (κ1) is 8.33. The second-order valence-corrected chi connectivity index (χ2v) is 2.22. The van der Waals surface area contributed by atoms with Gasteiger partial charge in [0.05, 0.1) is 6.61 Å². The Hall–Kier alpha value is -1.77. The van der Waals surface area contributed by atoms with Crippen LogP contribution >= 0.6 is 0 Å². The summed E-state index contributed by atoms with van der Waals surface area (Å²) < 4.78 is 0. The molecule has 12 heavy (non-hydrogen) atoms. The average molecular weight is 157 g/mol. The van der Waals surface area contributed by atoms with E-state index in [9.17, 15) is 0 Å². The quantitative estimate of drug-likeness (QED) is 0.619. The van der Waals surface area contributed by atoms with Crippen molar-refractivity contribution in [1.29, 1.82) is 5.26 Å². The second-order valence-electron chi connectivity index (χ2n) is 2.22. The van der Waals surface area contributed by atoms with E-state index in [1.165, 1.54) is 0 Å². The Labute approximate surface area is 71.1 Å². The average Bonchev–Trinajstić information content (AvgIpc) is 2.15. The lowest BCUT2D eigenvalue weighted by Crippen LogP contribution is -1.83. The van der Waals surface area contributed by atoms with E-state index >= 15 is 0 Å². The SMILES string of the molecule is N#CC#Cc1cccc(CO)c1. The molecule has 0 radical (unpaired) electrons. The van der Waals surface area contributed by atoms with Crippen molar-refractivity contribution < 1.29 is 5.11 Å². The number of nitrogens with zero attached hydrogens (tertiary/aromatic N) is 1. The van der Waals surface area contributed by atoms with E-state index in [0.717, 1.165) is 11.1 Å². The van der Waals surface area contributed by atoms with Gasteiger partial charge in [0.2, 0.25) is 0 Å². The zero-order chi connectivity index (χ0) is 8.81. The Bertz CT molecular complexity index is 365. The maximum atomic E-state index is 8.77. The van der Waals surface area contributed by atoms with Crippen molar-refractivity contribution in [2.75, 3.05) is 0 Å². The predicted octanol–water partition coefficient (Wildman–Crippen LogP) is 1.05. The molecule has 0 saturated carbocycles. The van der Waals surface area contributed by atoms with Crippen LogP contribution < -0.4 is 0 Å². The molecule has 58 valence electrons. The third kappa shape index (κ3) is 2.12. The van der Waals surface area contributed by atoms with Crippen molar-refractivity contribution in [2.45, 2.75) is 6.61 Å². The van der Waals surface area contributed by atoms with Crippen LogP contribution in [0.15, 0.2) is 24.3 Å². The van der Waals surface area contributed by atoms with E-state index in [2.05, 4.69) is 11.8 Å². The van der Waals surface area contributed by atoms with Gasteiger partial charge in [-0.3, -0.25) is 0 Å². The van der Waals surface area contributed by atoms with Crippen LogP contribution in [0.5, 0.6) is 0 Å². The van der Waals surface area contributed by atoms with Gasteiger partial charge >= 0.3 is 0 Å². The Balaban J connectivity index is 2.96. The zero-order valence-electron chi connectivity index (χ0n) is 6.41.